The van der Waals surface area contributed by atoms with Gasteiger partial charge in [-0.15, -0.1) is 12.4 Å². The first-order chi connectivity index (χ1) is 23.8. The van der Waals surface area contributed by atoms with Crippen molar-refractivity contribution in [2.75, 3.05) is 36.0 Å². The van der Waals surface area contributed by atoms with Crippen LogP contribution in [0.5, 0.6) is 0 Å². The van der Waals surface area contributed by atoms with Crippen molar-refractivity contribution >= 4 is 36.0 Å². The topological polar surface area (TPSA) is 129 Å². The average molecular weight is 728 g/mol. The van der Waals surface area contributed by atoms with Crippen LogP contribution < -0.4 is 15.1 Å². The smallest absolute Gasteiger partial charge is 0.410 e. The standard InChI is InChI=1S/C15H22N4O2.C11H15N3.C11H20N2O2.ClH/c1-15(2,3)21-14(20)18-8-11-4-5-12(9-18)19(11)13-6-16-10-17-7-13;1-2-9-4-5-10(3-1)14(9)11-6-12-8-13-7-11;1-11(2,3)15-10(14)13-6-8-4-5-9(7-13)12-8;/h6-7,10-12H,4-5,8-9H2,1-3H3;6-10H,1-5H2;8-9,12H,4-7H2,1-3H3;1H. The number of fused-ring (bicyclic) bond motifs is 6. The zero-order chi connectivity index (χ0) is 35.5. The van der Waals surface area contributed by atoms with Gasteiger partial charge >= 0.3 is 12.2 Å². The van der Waals surface area contributed by atoms with Crippen LogP contribution in [-0.4, -0.2) is 116 Å². The molecule has 2 amide bonds. The van der Waals surface area contributed by atoms with Gasteiger partial charge in [-0.1, -0.05) is 0 Å². The number of rotatable bonds is 2. The molecular weight excluding hydrogens is 670 g/mol. The predicted molar refractivity (Wildman–Crippen MR) is 199 cm³/mol. The normalized spacial score (nSPS) is 27.7. The lowest BCUT2D eigenvalue weighted by Gasteiger charge is -2.42. The van der Waals surface area contributed by atoms with Crippen molar-refractivity contribution in [3.8, 4) is 0 Å². The van der Waals surface area contributed by atoms with Crippen LogP contribution in [0, 0.1) is 0 Å². The maximum Gasteiger partial charge on any atom is 0.410 e. The molecular formula is C37H58ClN9O4. The lowest BCUT2D eigenvalue weighted by molar-refractivity contribution is 0.0186. The summed E-state index contributed by atoms with van der Waals surface area (Å²) in [6, 6.07) is 3.16. The summed E-state index contributed by atoms with van der Waals surface area (Å²) in [6.07, 6.45) is 21.8. The molecule has 13 nitrogen and oxygen atoms in total. The highest BCUT2D eigenvalue weighted by Crippen LogP contribution is 2.38. The number of nitrogens with zero attached hydrogens (tertiary/aromatic N) is 8. The van der Waals surface area contributed by atoms with Gasteiger partial charge in [0.05, 0.1) is 36.2 Å². The van der Waals surface area contributed by atoms with E-state index in [1.807, 2.05) is 76.1 Å². The Morgan fingerprint density at radius 2 is 0.961 bits per heavy atom. The van der Waals surface area contributed by atoms with Gasteiger partial charge in [0, 0.05) is 62.4 Å². The highest BCUT2D eigenvalue weighted by atomic mass is 35.5. The SMILES string of the molecule is CC(C)(C)OC(=O)N1CC2CCC(C1)N2.CC(C)(C)OC(=O)N1CC2CCC(C1)N2c1cncnc1.Cl.c1ncc(N2C3CCCC2CC3)cn1. The molecule has 2 aromatic rings. The van der Waals surface area contributed by atoms with Crippen LogP contribution in [0.1, 0.15) is 99.3 Å². The van der Waals surface area contributed by atoms with Crippen molar-refractivity contribution in [2.45, 2.75) is 147 Å². The van der Waals surface area contributed by atoms with Crippen LogP contribution in [0.15, 0.2) is 37.4 Å². The van der Waals surface area contributed by atoms with E-state index in [1.54, 1.807) is 12.7 Å². The molecule has 6 fully saturated rings. The summed E-state index contributed by atoms with van der Waals surface area (Å²) < 4.78 is 10.8. The van der Waals surface area contributed by atoms with E-state index in [2.05, 4.69) is 35.1 Å². The summed E-state index contributed by atoms with van der Waals surface area (Å²) in [6.45, 7) is 14.4. The number of piperidine rings is 1. The van der Waals surface area contributed by atoms with Crippen molar-refractivity contribution in [3.05, 3.63) is 37.4 Å². The van der Waals surface area contributed by atoms with Crippen LogP contribution in [0.4, 0.5) is 21.0 Å². The van der Waals surface area contributed by atoms with E-state index >= 15 is 0 Å². The number of piperazine rings is 2. The summed E-state index contributed by atoms with van der Waals surface area (Å²) in [7, 11) is 0. The third kappa shape index (κ3) is 10.1. The maximum atomic E-state index is 12.2. The molecule has 1 N–H and O–H groups in total. The molecule has 0 aromatic carbocycles. The van der Waals surface area contributed by atoms with Crippen molar-refractivity contribution in [2.24, 2.45) is 0 Å². The molecule has 2 aromatic heterocycles. The summed E-state index contributed by atoms with van der Waals surface area (Å²) in [5.74, 6) is 0. The van der Waals surface area contributed by atoms with Gasteiger partial charge in [-0.05, 0) is 99.3 Å². The van der Waals surface area contributed by atoms with Gasteiger partial charge < -0.3 is 34.4 Å². The van der Waals surface area contributed by atoms with Gasteiger partial charge in [-0.3, -0.25) is 0 Å². The van der Waals surface area contributed by atoms with Crippen LogP contribution in [0.2, 0.25) is 0 Å². The molecule has 0 saturated carbocycles. The molecule has 6 saturated heterocycles. The molecule has 6 aliphatic heterocycles. The summed E-state index contributed by atoms with van der Waals surface area (Å²) in [4.78, 5) is 49.0. The molecule has 0 radical (unpaired) electrons. The van der Waals surface area contributed by atoms with Gasteiger partial charge in [-0.25, -0.2) is 29.5 Å². The number of carbonyl (C=O) groups is 2. The van der Waals surface area contributed by atoms with E-state index in [9.17, 15) is 9.59 Å². The van der Waals surface area contributed by atoms with E-state index in [4.69, 9.17) is 9.47 Å². The first-order valence-electron chi connectivity index (χ1n) is 18.6. The minimum absolute atomic E-state index is 0. The number of anilines is 2. The molecule has 14 heteroatoms. The number of hydrogen-bond acceptors (Lipinski definition) is 11. The van der Waals surface area contributed by atoms with Crippen LogP contribution in [-0.2, 0) is 9.47 Å². The molecule has 8 heterocycles. The fourth-order valence-electron chi connectivity index (χ4n) is 8.46. The molecule has 6 aliphatic rings. The predicted octanol–water partition coefficient (Wildman–Crippen LogP) is 5.84. The second-order valence-corrected chi connectivity index (χ2v) is 16.6. The van der Waals surface area contributed by atoms with E-state index in [1.165, 1.54) is 50.6 Å². The third-order valence-electron chi connectivity index (χ3n) is 10.4. The first kappa shape index (κ1) is 38.8. The molecule has 6 unspecified atom stereocenters. The third-order valence-corrected chi connectivity index (χ3v) is 10.4. The average Bonchev–Trinajstić information content (AvgIpc) is 3.65. The second kappa shape index (κ2) is 16.5. The first-order valence-corrected chi connectivity index (χ1v) is 18.6. The minimum atomic E-state index is -0.444. The Bertz CT molecular complexity index is 1380. The van der Waals surface area contributed by atoms with Crippen LogP contribution in [0.3, 0.4) is 0 Å². The van der Waals surface area contributed by atoms with Crippen molar-refractivity contribution < 1.29 is 19.1 Å². The largest absolute Gasteiger partial charge is 0.444 e. The van der Waals surface area contributed by atoms with Gasteiger partial charge in [0.25, 0.3) is 0 Å². The fourth-order valence-corrected chi connectivity index (χ4v) is 8.46. The van der Waals surface area contributed by atoms with Crippen molar-refractivity contribution in [1.82, 2.24) is 35.1 Å². The van der Waals surface area contributed by atoms with Gasteiger partial charge in [0.1, 0.15) is 23.9 Å². The zero-order valence-corrected chi connectivity index (χ0v) is 32.1. The Labute approximate surface area is 309 Å². The summed E-state index contributed by atoms with van der Waals surface area (Å²) >= 11 is 0. The molecule has 6 bridgehead atoms. The van der Waals surface area contributed by atoms with Gasteiger partial charge in [-0.2, -0.15) is 0 Å². The minimum Gasteiger partial charge on any atom is -0.444 e. The van der Waals surface area contributed by atoms with E-state index < -0.39 is 5.60 Å². The van der Waals surface area contributed by atoms with Crippen LogP contribution in [0.25, 0.3) is 0 Å². The molecule has 0 aliphatic carbocycles. The highest BCUT2D eigenvalue weighted by molar-refractivity contribution is 5.85. The lowest BCUT2D eigenvalue weighted by Crippen LogP contribution is -2.56. The molecule has 6 atom stereocenters. The maximum absolute atomic E-state index is 12.2. The van der Waals surface area contributed by atoms with E-state index in [0.717, 1.165) is 43.7 Å². The Kier molecular flexibility index (Phi) is 12.5. The Hall–Kier alpha value is -3.45. The molecule has 51 heavy (non-hydrogen) atoms. The highest BCUT2D eigenvalue weighted by Gasteiger charge is 2.43. The molecule has 8 rings (SSSR count). The Balaban J connectivity index is 0.000000151. The monoisotopic (exact) mass is 727 g/mol. The lowest BCUT2D eigenvalue weighted by atomic mass is 10.0. The zero-order valence-electron chi connectivity index (χ0n) is 31.2. The quantitative estimate of drug-likeness (QED) is 0.401. The van der Waals surface area contributed by atoms with E-state index in [-0.39, 0.29) is 30.2 Å². The van der Waals surface area contributed by atoms with Crippen LogP contribution >= 0.6 is 12.4 Å². The molecule has 0 spiro atoms. The molecule has 282 valence electrons. The van der Waals surface area contributed by atoms with Crippen molar-refractivity contribution in [3.63, 3.8) is 0 Å². The Morgan fingerprint density at radius 1 is 0.588 bits per heavy atom. The van der Waals surface area contributed by atoms with Gasteiger partial charge in [0.15, 0.2) is 0 Å². The number of nitrogens with one attached hydrogen (secondary N) is 1. The number of aromatic nitrogens is 4. The second-order valence-electron chi connectivity index (χ2n) is 16.6. The number of ether oxygens (including phenoxy) is 2. The number of halogens is 1. The summed E-state index contributed by atoms with van der Waals surface area (Å²) in [5.41, 5.74) is 1.44. The summed E-state index contributed by atoms with van der Waals surface area (Å²) in [5, 5.41) is 3.49. The number of carbonyl (C=O) groups excluding carboxylic acids is 2. The fraction of sp³-hybridized carbons (Fsp3) is 0.730. The Morgan fingerprint density at radius 3 is 1.37 bits per heavy atom. The number of likely N-dealkylation sites (tertiary alicyclic amines) is 2. The van der Waals surface area contributed by atoms with Crippen molar-refractivity contribution in [1.29, 1.82) is 0 Å². The number of amides is 2. The van der Waals surface area contributed by atoms with Gasteiger partial charge in [0.2, 0.25) is 0 Å². The number of hydrogen-bond donors (Lipinski definition) is 1. The van der Waals surface area contributed by atoms with E-state index in [0.29, 0.717) is 37.3 Å².